The molecule has 2 rings (SSSR count). The Hall–Kier alpha value is -0.870. The smallest absolute Gasteiger partial charge is 0.191 e. The molecule has 0 saturated carbocycles. The Morgan fingerprint density at radius 1 is 1.10 bits per heavy atom. The Kier molecular flexibility index (Phi) is 12.2. The lowest BCUT2D eigenvalue weighted by Gasteiger charge is -2.35. The molecule has 2 unspecified atom stereocenters. The minimum absolute atomic E-state index is 0. The summed E-state index contributed by atoms with van der Waals surface area (Å²) in [5.74, 6) is 1.47. The van der Waals surface area contributed by atoms with Gasteiger partial charge in [-0.2, -0.15) is 5.10 Å². The maximum atomic E-state index is 4.88. The molecule has 1 aromatic heterocycles. The van der Waals surface area contributed by atoms with Crippen LogP contribution in [0.15, 0.2) is 4.99 Å². The summed E-state index contributed by atoms with van der Waals surface area (Å²) in [4.78, 5) is 9.99. The molecular formula is C22H44IN7. The number of rotatable bonds is 9. The van der Waals surface area contributed by atoms with Crippen molar-refractivity contribution >= 4 is 29.9 Å². The van der Waals surface area contributed by atoms with Crippen LogP contribution in [-0.4, -0.2) is 83.9 Å². The topological polar surface area (TPSA) is 60.7 Å². The highest BCUT2D eigenvalue weighted by atomic mass is 127. The minimum atomic E-state index is 0. The Morgan fingerprint density at radius 2 is 1.73 bits per heavy atom. The summed E-state index contributed by atoms with van der Waals surface area (Å²) in [6, 6.07) is 0.298. The van der Waals surface area contributed by atoms with E-state index >= 15 is 0 Å². The van der Waals surface area contributed by atoms with Crippen molar-refractivity contribution in [2.24, 2.45) is 18.0 Å². The Balaban J connectivity index is 0.00000450. The first-order valence-corrected chi connectivity index (χ1v) is 11.3. The van der Waals surface area contributed by atoms with E-state index in [0.717, 1.165) is 37.7 Å². The monoisotopic (exact) mass is 533 g/mol. The highest BCUT2D eigenvalue weighted by Gasteiger charge is 2.18. The average Bonchev–Trinajstić information content (AvgIpc) is 2.93. The fourth-order valence-corrected chi connectivity index (χ4v) is 4.06. The highest BCUT2D eigenvalue weighted by Crippen LogP contribution is 2.14. The van der Waals surface area contributed by atoms with Gasteiger partial charge in [-0.1, -0.05) is 13.8 Å². The molecule has 1 aliphatic rings. The standard InChI is InChI=1S/C22H43N7.HI/c1-8-23-22(25-18(4)14-21-19(5)26-27(7)20(21)6)24-15-17(3)16-29-12-10-28(9-2)11-13-29;/h17-18H,8-16H2,1-7H3,(H2,23,24,25);1H. The van der Waals surface area contributed by atoms with Gasteiger partial charge in [0.2, 0.25) is 0 Å². The second-order valence-corrected chi connectivity index (χ2v) is 8.58. The van der Waals surface area contributed by atoms with E-state index in [1.54, 1.807) is 0 Å². The van der Waals surface area contributed by atoms with Gasteiger partial charge >= 0.3 is 0 Å². The van der Waals surface area contributed by atoms with Gasteiger partial charge in [0.25, 0.3) is 0 Å². The number of hydrogen-bond acceptors (Lipinski definition) is 4. The van der Waals surface area contributed by atoms with Crippen LogP contribution in [-0.2, 0) is 13.5 Å². The molecular weight excluding hydrogens is 489 g/mol. The third-order valence-electron chi connectivity index (χ3n) is 5.94. The van der Waals surface area contributed by atoms with Crippen LogP contribution in [0.2, 0.25) is 0 Å². The number of piperazine rings is 1. The Labute approximate surface area is 201 Å². The highest BCUT2D eigenvalue weighted by molar-refractivity contribution is 14.0. The fraction of sp³-hybridized carbons (Fsp3) is 0.818. The van der Waals surface area contributed by atoms with Crippen LogP contribution in [0.4, 0.5) is 0 Å². The fourth-order valence-electron chi connectivity index (χ4n) is 4.06. The van der Waals surface area contributed by atoms with Crippen LogP contribution >= 0.6 is 24.0 Å². The molecule has 0 bridgehead atoms. The van der Waals surface area contributed by atoms with Gasteiger partial charge in [-0.15, -0.1) is 24.0 Å². The van der Waals surface area contributed by atoms with Crippen LogP contribution in [0, 0.1) is 19.8 Å². The maximum Gasteiger partial charge on any atom is 0.191 e. The van der Waals surface area contributed by atoms with Crippen molar-refractivity contribution in [3.63, 3.8) is 0 Å². The molecule has 8 heteroatoms. The molecule has 1 aliphatic heterocycles. The molecule has 174 valence electrons. The normalized spacial score (nSPS) is 18.0. The number of hydrogen-bond donors (Lipinski definition) is 2. The van der Waals surface area contributed by atoms with Gasteiger partial charge < -0.3 is 20.4 Å². The van der Waals surface area contributed by atoms with Gasteiger partial charge in [-0.3, -0.25) is 9.67 Å². The van der Waals surface area contributed by atoms with E-state index in [1.807, 2.05) is 11.7 Å². The van der Waals surface area contributed by atoms with E-state index in [9.17, 15) is 0 Å². The third-order valence-corrected chi connectivity index (χ3v) is 5.94. The van der Waals surface area contributed by atoms with E-state index in [0.29, 0.717) is 12.0 Å². The lowest BCUT2D eigenvalue weighted by Crippen LogP contribution is -2.47. The number of guanidine groups is 1. The lowest BCUT2D eigenvalue weighted by atomic mass is 10.1. The van der Waals surface area contributed by atoms with Gasteiger partial charge in [-0.25, -0.2) is 0 Å². The molecule has 0 amide bonds. The first-order chi connectivity index (χ1) is 13.8. The molecule has 2 atom stereocenters. The zero-order valence-corrected chi connectivity index (χ0v) is 22.5. The van der Waals surface area contributed by atoms with E-state index in [1.165, 1.54) is 44.0 Å². The zero-order chi connectivity index (χ0) is 21.4. The molecule has 1 aromatic rings. The molecule has 2 heterocycles. The summed E-state index contributed by atoms with van der Waals surface area (Å²) in [5, 5.41) is 11.5. The van der Waals surface area contributed by atoms with Crippen molar-refractivity contribution in [1.29, 1.82) is 0 Å². The molecule has 0 radical (unpaired) electrons. The lowest BCUT2D eigenvalue weighted by molar-refractivity contribution is 0.125. The zero-order valence-electron chi connectivity index (χ0n) is 20.2. The van der Waals surface area contributed by atoms with E-state index in [2.05, 4.69) is 67.1 Å². The molecule has 7 nitrogen and oxygen atoms in total. The number of halogens is 1. The minimum Gasteiger partial charge on any atom is -0.357 e. The van der Waals surface area contributed by atoms with Gasteiger partial charge in [0.05, 0.1) is 5.69 Å². The van der Waals surface area contributed by atoms with E-state index in [4.69, 9.17) is 4.99 Å². The number of aliphatic imine (C=N–C) groups is 1. The predicted octanol–water partition coefficient (Wildman–Crippen LogP) is 2.41. The SMILES string of the molecule is CCNC(=NCC(C)CN1CCN(CC)CC1)NC(C)Cc1c(C)nn(C)c1C.I. The summed E-state index contributed by atoms with van der Waals surface area (Å²) in [6.45, 7) is 21.9. The second kappa shape index (κ2) is 13.5. The number of aromatic nitrogens is 2. The van der Waals surface area contributed by atoms with Gasteiger partial charge in [0.15, 0.2) is 5.96 Å². The van der Waals surface area contributed by atoms with Crippen molar-refractivity contribution in [2.45, 2.75) is 54.0 Å². The summed E-state index contributed by atoms with van der Waals surface area (Å²) in [7, 11) is 2.01. The Morgan fingerprint density at radius 3 is 2.27 bits per heavy atom. The molecule has 1 fully saturated rings. The summed E-state index contributed by atoms with van der Waals surface area (Å²) in [5.41, 5.74) is 3.70. The molecule has 0 aromatic carbocycles. The van der Waals surface area contributed by atoms with Gasteiger partial charge in [0, 0.05) is 64.6 Å². The van der Waals surface area contributed by atoms with E-state index in [-0.39, 0.29) is 24.0 Å². The Bertz CT molecular complexity index is 650. The summed E-state index contributed by atoms with van der Waals surface area (Å²) in [6.07, 6.45) is 0.952. The number of likely N-dealkylation sites (N-methyl/N-ethyl adjacent to an activating group) is 1. The van der Waals surface area contributed by atoms with Gasteiger partial charge in [0.1, 0.15) is 0 Å². The van der Waals surface area contributed by atoms with Crippen LogP contribution in [0.5, 0.6) is 0 Å². The largest absolute Gasteiger partial charge is 0.357 e. The molecule has 0 aliphatic carbocycles. The predicted molar refractivity (Wildman–Crippen MR) is 138 cm³/mol. The van der Waals surface area contributed by atoms with Crippen molar-refractivity contribution in [3.8, 4) is 0 Å². The average molecular weight is 534 g/mol. The number of aryl methyl sites for hydroxylation is 2. The molecule has 2 N–H and O–H groups in total. The first-order valence-electron chi connectivity index (χ1n) is 11.3. The number of nitrogens with zero attached hydrogens (tertiary/aromatic N) is 5. The van der Waals surface area contributed by atoms with Crippen LogP contribution in [0.1, 0.15) is 44.6 Å². The molecule has 0 spiro atoms. The quantitative estimate of drug-likeness (QED) is 0.290. The summed E-state index contributed by atoms with van der Waals surface area (Å²) < 4.78 is 1.97. The van der Waals surface area contributed by atoms with Crippen molar-refractivity contribution < 1.29 is 0 Å². The maximum absolute atomic E-state index is 4.88. The van der Waals surface area contributed by atoms with Crippen molar-refractivity contribution in [1.82, 2.24) is 30.2 Å². The summed E-state index contributed by atoms with van der Waals surface area (Å²) >= 11 is 0. The molecule has 1 saturated heterocycles. The van der Waals surface area contributed by atoms with Crippen LogP contribution in [0.3, 0.4) is 0 Å². The first kappa shape index (κ1) is 27.2. The molecule has 30 heavy (non-hydrogen) atoms. The second-order valence-electron chi connectivity index (χ2n) is 8.58. The number of nitrogens with one attached hydrogen (secondary N) is 2. The third kappa shape index (κ3) is 8.34. The van der Waals surface area contributed by atoms with Crippen LogP contribution in [0.25, 0.3) is 0 Å². The van der Waals surface area contributed by atoms with Crippen molar-refractivity contribution in [3.05, 3.63) is 17.0 Å². The van der Waals surface area contributed by atoms with E-state index < -0.39 is 0 Å². The van der Waals surface area contributed by atoms with Gasteiger partial charge in [-0.05, 0) is 52.1 Å². The van der Waals surface area contributed by atoms with Crippen molar-refractivity contribution in [2.75, 3.05) is 52.4 Å². The van der Waals surface area contributed by atoms with Crippen LogP contribution < -0.4 is 10.6 Å².